The molecule has 0 amide bonds. The molecule has 0 saturated carbocycles. The lowest BCUT2D eigenvalue weighted by Gasteiger charge is -1.99. The van der Waals surface area contributed by atoms with E-state index in [9.17, 15) is 0 Å². The first-order chi connectivity index (χ1) is 9.47. The maximum Gasteiger partial charge on any atom is 0.236 e. The third kappa shape index (κ3) is 4.79. The largest absolute Gasteiger partial charge is 0.480 e. The van der Waals surface area contributed by atoms with Crippen LogP contribution in [-0.4, -0.2) is 34.6 Å². The van der Waals surface area contributed by atoms with Crippen LogP contribution in [0.4, 0.5) is 0 Å². The topological polar surface area (TPSA) is 70.0 Å². The van der Waals surface area contributed by atoms with E-state index >= 15 is 0 Å². The summed E-state index contributed by atoms with van der Waals surface area (Å²) in [4.78, 5) is 0. The minimum absolute atomic E-state index is 0.387. The van der Waals surface area contributed by atoms with Gasteiger partial charge in [-0.15, -0.1) is 20.4 Å². The number of nitrogens with zero attached hydrogens (tertiary/aromatic N) is 4. The first kappa shape index (κ1) is 16.4. The summed E-state index contributed by atoms with van der Waals surface area (Å²) in [5, 5.41) is 15.4. The fraction of sp³-hybridized carbons (Fsp3) is 0.333. The minimum Gasteiger partial charge on any atom is -0.480 e. The lowest BCUT2D eigenvalue weighted by molar-refractivity contribution is 0.388. The van der Waals surface area contributed by atoms with Crippen LogP contribution in [-0.2, 0) is 0 Å². The summed E-state index contributed by atoms with van der Waals surface area (Å²) in [6.45, 7) is 3.71. The van der Waals surface area contributed by atoms with Crippen molar-refractivity contribution >= 4 is 23.2 Å². The highest BCUT2D eigenvalue weighted by Gasteiger charge is 1.99. The molecule has 0 aromatic carbocycles. The van der Waals surface area contributed by atoms with Crippen LogP contribution in [0.1, 0.15) is 11.1 Å². The van der Waals surface area contributed by atoms with Crippen LogP contribution in [0.25, 0.3) is 0 Å². The van der Waals surface area contributed by atoms with Crippen molar-refractivity contribution in [1.82, 2.24) is 20.4 Å². The van der Waals surface area contributed by atoms with Crippen LogP contribution in [0.3, 0.4) is 0 Å². The summed E-state index contributed by atoms with van der Waals surface area (Å²) in [5.74, 6) is 1.01. The van der Waals surface area contributed by atoms with Crippen molar-refractivity contribution in [2.45, 2.75) is 13.8 Å². The lowest BCUT2D eigenvalue weighted by Crippen LogP contribution is -1.93. The molecule has 2 aromatic heterocycles. The van der Waals surface area contributed by atoms with Crippen LogP contribution in [0.2, 0.25) is 10.3 Å². The van der Waals surface area contributed by atoms with E-state index in [0.29, 0.717) is 22.1 Å². The third-order valence-electron chi connectivity index (χ3n) is 2.21. The molecule has 0 atom stereocenters. The Morgan fingerprint density at radius 2 is 1.55 bits per heavy atom. The number of rotatable bonds is 2. The summed E-state index contributed by atoms with van der Waals surface area (Å²) >= 11 is 11.2. The second kappa shape index (κ2) is 7.81. The van der Waals surface area contributed by atoms with Crippen molar-refractivity contribution in [3.05, 3.63) is 33.6 Å². The Morgan fingerprint density at radius 1 is 0.850 bits per heavy atom. The average molecular weight is 317 g/mol. The fourth-order valence-corrected chi connectivity index (χ4v) is 1.48. The quantitative estimate of drug-likeness (QED) is 0.848. The van der Waals surface area contributed by atoms with E-state index in [1.165, 1.54) is 7.11 Å². The predicted molar refractivity (Wildman–Crippen MR) is 76.7 cm³/mol. The highest BCUT2D eigenvalue weighted by molar-refractivity contribution is 6.30. The van der Waals surface area contributed by atoms with Gasteiger partial charge >= 0.3 is 0 Å². The Morgan fingerprint density at radius 3 is 2.05 bits per heavy atom. The highest BCUT2D eigenvalue weighted by atomic mass is 35.5. The maximum absolute atomic E-state index is 5.61. The Hall–Kier alpha value is -1.66. The average Bonchev–Trinajstić information content (AvgIpc) is 2.43. The molecular weight excluding hydrogens is 303 g/mol. The zero-order chi connectivity index (χ0) is 15.1. The maximum atomic E-state index is 5.61. The van der Waals surface area contributed by atoms with Gasteiger partial charge in [-0.05, 0) is 25.5 Å². The Bertz CT molecular complexity index is 581. The monoisotopic (exact) mass is 316 g/mol. The van der Waals surface area contributed by atoms with Crippen LogP contribution < -0.4 is 9.47 Å². The molecule has 108 valence electrons. The van der Waals surface area contributed by atoms with E-state index in [-0.39, 0.29) is 0 Å². The first-order valence-corrected chi connectivity index (χ1v) is 6.31. The van der Waals surface area contributed by atoms with Gasteiger partial charge in [0.05, 0.1) is 14.2 Å². The molecule has 0 aliphatic carbocycles. The summed E-state index contributed by atoms with van der Waals surface area (Å²) in [5.41, 5.74) is 1.76. The molecule has 0 saturated heterocycles. The lowest BCUT2D eigenvalue weighted by atomic mass is 10.3. The number of halogens is 2. The van der Waals surface area contributed by atoms with Gasteiger partial charge in [0.25, 0.3) is 0 Å². The summed E-state index contributed by atoms with van der Waals surface area (Å²) in [7, 11) is 3.09. The van der Waals surface area contributed by atoms with Crippen molar-refractivity contribution in [3.63, 3.8) is 0 Å². The highest BCUT2D eigenvalue weighted by Crippen LogP contribution is 2.15. The van der Waals surface area contributed by atoms with Crippen LogP contribution in [0.15, 0.2) is 12.1 Å². The van der Waals surface area contributed by atoms with Gasteiger partial charge in [0.2, 0.25) is 11.8 Å². The van der Waals surface area contributed by atoms with Crippen LogP contribution in [0, 0.1) is 13.8 Å². The fourth-order valence-electron chi connectivity index (χ4n) is 1.19. The first-order valence-electron chi connectivity index (χ1n) is 5.55. The van der Waals surface area contributed by atoms with Gasteiger partial charge in [-0.25, -0.2) is 0 Å². The smallest absolute Gasteiger partial charge is 0.236 e. The zero-order valence-corrected chi connectivity index (χ0v) is 13.0. The molecule has 0 bridgehead atoms. The van der Waals surface area contributed by atoms with E-state index in [4.69, 9.17) is 32.7 Å². The zero-order valence-electron chi connectivity index (χ0n) is 11.5. The standard InChI is InChI=1S/2C6H7ClN2O/c1-4-3-5(10-2)8-9-6(4)7;1-4-3-5(7)8-9-6(4)10-2/h2*3H,1-2H3. The van der Waals surface area contributed by atoms with Crippen molar-refractivity contribution in [1.29, 1.82) is 0 Å². The van der Waals surface area contributed by atoms with Gasteiger partial charge in [0, 0.05) is 11.6 Å². The van der Waals surface area contributed by atoms with Crippen LogP contribution >= 0.6 is 23.2 Å². The van der Waals surface area contributed by atoms with Gasteiger partial charge in [-0.1, -0.05) is 23.2 Å². The summed E-state index contributed by atoms with van der Waals surface area (Å²) in [6, 6.07) is 3.43. The molecular formula is C12H14Cl2N4O2. The number of aryl methyl sites for hydroxylation is 2. The van der Waals surface area contributed by atoms with Gasteiger partial charge in [0.15, 0.2) is 10.3 Å². The Kier molecular flexibility index (Phi) is 6.41. The van der Waals surface area contributed by atoms with E-state index in [2.05, 4.69) is 20.4 Å². The SMILES string of the molecule is COc1cc(C)c(Cl)nn1.COc1nnc(Cl)cc1C. The molecule has 0 fully saturated rings. The molecule has 6 nitrogen and oxygen atoms in total. The van der Waals surface area contributed by atoms with E-state index in [0.717, 1.165) is 11.1 Å². The molecule has 0 aliphatic heterocycles. The molecule has 8 heteroatoms. The predicted octanol–water partition coefficient (Wildman–Crippen LogP) is 2.89. The normalized spacial score (nSPS) is 9.50. The Labute approximate surface area is 127 Å². The second-order valence-electron chi connectivity index (χ2n) is 3.72. The molecule has 0 radical (unpaired) electrons. The van der Waals surface area contributed by atoms with Crippen molar-refractivity contribution in [2.24, 2.45) is 0 Å². The molecule has 0 aliphatic rings. The second-order valence-corrected chi connectivity index (χ2v) is 4.47. The molecule has 2 heterocycles. The summed E-state index contributed by atoms with van der Waals surface area (Å²) in [6.07, 6.45) is 0. The van der Waals surface area contributed by atoms with Crippen molar-refractivity contribution in [2.75, 3.05) is 14.2 Å². The van der Waals surface area contributed by atoms with E-state index in [1.807, 2.05) is 13.8 Å². The van der Waals surface area contributed by atoms with Gasteiger partial charge in [-0.3, -0.25) is 0 Å². The molecule has 20 heavy (non-hydrogen) atoms. The van der Waals surface area contributed by atoms with Crippen molar-refractivity contribution < 1.29 is 9.47 Å². The van der Waals surface area contributed by atoms with Gasteiger partial charge in [0.1, 0.15) is 0 Å². The molecule has 0 spiro atoms. The van der Waals surface area contributed by atoms with E-state index < -0.39 is 0 Å². The molecule has 2 rings (SSSR count). The molecule has 0 unspecified atom stereocenters. The Balaban J connectivity index is 0.000000200. The number of methoxy groups -OCH3 is 2. The number of aromatic nitrogens is 4. The molecule has 0 N–H and O–H groups in total. The summed E-state index contributed by atoms with van der Waals surface area (Å²) < 4.78 is 9.69. The van der Waals surface area contributed by atoms with Crippen LogP contribution in [0.5, 0.6) is 11.8 Å². The van der Waals surface area contributed by atoms with Gasteiger partial charge in [-0.2, -0.15) is 0 Å². The van der Waals surface area contributed by atoms with E-state index in [1.54, 1.807) is 19.2 Å². The number of hydrogen-bond acceptors (Lipinski definition) is 6. The third-order valence-corrected chi connectivity index (χ3v) is 2.77. The van der Waals surface area contributed by atoms with Gasteiger partial charge < -0.3 is 9.47 Å². The number of ether oxygens (including phenoxy) is 2. The number of hydrogen-bond donors (Lipinski definition) is 0. The molecule has 2 aromatic rings. The minimum atomic E-state index is 0.387. The van der Waals surface area contributed by atoms with Crippen molar-refractivity contribution in [3.8, 4) is 11.8 Å².